The van der Waals surface area contributed by atoms with Gasteiger partial charge >= 0.3 is 5.97 Å². The maximum Gasteiger partial charge on any atom is 0.303 e. The zero-order valence-corrected chi connectivity index (χ0v) is 8.84. The number of nitrogens with two attached hydrogens (primary N) is 1. The van der Waals surface area contributed by atoms with Crippen LogP contribution in [0.25, 0.3) is 0 Å². The molecule has 3 N–H and O–H groups in total. The first kappa shape index (κ1) is 12.4. The highest BCUT2D eigenvalue weighted by Crippen LogP contribution is 2.34. The molecular formula is C10H21NO2. The van der Waals surface area contributed by atoms with E-state index in [4.69, 9.17) is 10.8 Å². The zero-order valence-electron chi connectivity index (χ0n) is 8.84. The fourth-order valence-electron chi connectivity index (χ4n) is 1.90. The van der Waals surface area contributed by atoms with Gasteiger partial charge in [-0.25, -0.2) is 0 Å². The van der Waals surface area contributed by atoms with E-state index in [-0.39, 0.29) is 17.9 Å². The van der Waals surface area contributed by atoms with E-state index < -0.39 is 5.97 Å². The molecule has 0 saturated carbocycles. The Bertz CT molecular complexity index is 168. The predicted molar refractivity (Wildman–Crippen MR) is 53.5 cm³/mol. The van der Waals surface area contributed by atoms with Crippen LogP contribution < -0.4 is 5.73 Å². The van der Waals surface area contributed by atoms with Gasteiger partial charge in [-0.15, -0.1) is 0 Å². The van der Waals surface area contributed by atoms with Crippen molar-refractivity contribution in [2.75, 3.05) is 0 Å². The molecule has 0 fully saturated rings. The van der Waals surface area contributed by atoms with Gasteiger partial charge in [0, 0.05) is 6.04 Å². The largest absolute Gasteiger partial charge is 0.481 e. The molecule has 2 unspecified atom stereocenters. The third-order valence-electron chi connectivity index (χ3n) is 2.92. The molecular weight excluding hydrogens is 166 g/mol. The molecule has 0 aromatic rings. The van der Waals surface area contributed by atoms with Crippen LogP contribution >= 0.6 is 0 Å². The van der Waals surface area contributed by atoms with Crippen molar-refractivity contribution in [1.29, 1.82) is 0 Å². The molecule has 0 aromatic carbocycles. The Morgan fingerprint density at radius 2 is 2.08 bits per heavy atom. The normalized spacial score (nSPS) is 17.8. The van der Waals surface area contributed by atoms with E-state index in [1.807, 2.05) is 13.8 Å². The molecule has 3 nitrogen and oxygen atoms in total. The van der Waals surface area contributed by atoms with Crippen LogP contribution in [0.2, 0.25) is 0 Å². The average molecular weight is 187 g/mol. The quantitative estimate of drug-likeness (QED) is 0.668. The molecule has 0 heterocycles. The van der Waals surface area contributed by atoms with Gasteiger partial charge in [0.2, 0.25) is 0 Å². The highest BCUT2D eigenvalue weighted by Gasteiger charge is 2.33. The highest BCUT2D eigenvalue weighted by atomic mass is 16.4. The van der Waals surface area contributed by atoms with Crippen LogP contribution in [0.5, 0.6) is 0 Å². The number of hydrogen-bond acceptors (Lipinski definition) is 2. The molecule has 0 saturated heterocycles. The molecule has 0 aliphatic rings. The second-order valence-electron chi connectivity index (χ2n) is 3.83. The predicted octanol–water partition coefficient (Wildman–Crippen LogP) is 2.00. The van der Waals surface area contributed by atoms with E-state index in [1.54, 1.807) is 0 Å². The number of carboxylic acid groups (broad SMARTS) is 1. The van der Waals surface area contributed by atoms with E-state index in [2.05, 4.69) is 6.92 Å². The Balaban J connectivity index is 4.53. The summed E-state index contributed by atoms with van der Waals surface area (Å²) in [6.45, 7) is 5.98. The number of rotatable bonds is 6. The van der Waals surface area contributed by atoms with E-state index in [0.29, 0.717) is 0 Å². The van der Waals surface area contributed by atoms with Gasteiger partial charge in [0.1, 0.15) is 0 Å². The number of carboxylic acids is 1. The Kier molecular flexibility index (Phi) is 4.99. The monoisotopic (exact) mass is 187 g/mol. The lowest BCUT2D eigenvalue weighted by Gasteiger charge is -2.35. The minimum absolute atomic E-state index is 0.0476. The molecule has 2 atom stereocenters. The maximum atomic E-state index is 10.7. The molecule has 0 aliphatic carbocycles. The summed E-state index contributed by atoms with van der Waals surface area (Å²) >= 11 is 0. The van der Waals surface area contributed by atoms with Crippen LogP contribution in [0.3, 0.4) is 0 Å². The summed E-state index contributed by atoms with van der Waals surface area (Å²) in [5, 5.41) is 8.80. The van der Waals surface area contributed by atoms with Crippen molar-refractivity contribution < 1.29 is 9.90 Å². The van der Waals surface area contributed by atoms with Crippen molar-refractivity contribution in [3.8, 4) is 0 Å². The standard InChI is InChI=1S/C10H21NO2/c1-4-6-10(5-2,8(3)11)7-9(12)13/h8H,4-7,11H2,1-3H3,(H,12,13). The Morgan fingerprint density at radius 1 is 1.54 bits per heavy atom. The van der Waals surface area contributed by atoms with Gasteiger partial charge < -0.3 is 10.8 Å². The van der Waals surface area contributed by atoms with Crippen molar-refractivity contribution in [3.63, 3.8) is 0 Å². The second-order valence-corrected chi connectivity index (χ2v) is 3.83. The van der Waals surface area contributed by atoms with Gasteiger partial charge in [-0.3, -0.25) is 4.79 Å². The van der Waals surface area contributed by atoms with Crippen LogP contribution in [-0.4, -0.2) is 17.1 Å². The van der Waals surface area contributed by atoms with E-state index in [0.717, 1.165) is 19.3 Å². The molecule has 0 amide bonds. The number of carbonyl (C=O) groups is 1. The van der Waals surface area contributed by atoms with Gasteiger partial charge in [0.15, 0.2) is 0 Å². The first-order valence-corrected chi connectivity index (χ1v) is 4.96. The Labute approximate surface area is 80.3 Å². The van der Waals surface area contributed by atoms with Crippen LogP contribution in [0.15, 0.2) is 0 Å². The Hall–Kier alpha value is -0.570. The molecule has 0 bridgehead atoms. The van der Waals surface area contributed by atoms with Gasteiger partial charge in [0.05, 0.1) is 6.42 Å². The zero-order chi connectivity index (χ0) is 10.5. The Morgan fingerprint density at radius 3 is 2.31 bits per heavy atom. The van der Waals surface area contributed by atoms with Crippen LogP contribution in [0.4, 0.5) is 0 Å². The fourth-order valence-corrected chi connectivity index (χ4v) is 1.90. The lowest BCUT2D eigenvalue weighted by molar-refractivity contribution is -0.140. The van der Waals surface area contributed by atoms with Crippen molar-refractivity contribution in [2.45, 2.75) is 52.5 Å². The smallest absolute Gasteiger partial charge is 0.303 e. The summed E-state index contributed by atoms with van der Waals surface area (Å²) < 4.78 is 0. The van der Waals surface area contributed by atoms with E-state index in [9.17, 15) is 4.79 Å². The summed E-state index contributed by atoms with van der Waals surface area (Å²) in [6.07, 6.45) is 2.91. The van der Waals surface area contributed by atoms with Gasteiger partial charge in [0.25, 0.3) is 0 Å². The lowest BCUT2D eigenvalue weighted by atomic mass is 9.72. The maximum absolute atomic E-state index is 10.7. The second kappa shape index (κ2) is 5.22. The summed E-state index contributed by atoms with van der Waals surface area (Å²) in [4.78, 5) is 10.7. The van der Waals surface area contributed by atoms with Gasteiger partial charge in [-0.1, -0.05) is 20.3 Å². The SMILES string of the molecule is CCCC(CC)(CC(=O)O)C(C)N. The number of aliphatic carboxylic acids is 1. The molecule has 0 radical (unpaired) electrons. The third-order valence-corrected chi connectivity index (χ3v) is 2.92. The first-order valence-electron chi connectivity index (χ1n) is 4.96. The van der Waals surface area contributed by atoms with Crippen LogP contribution in [0, 0.1) is 5.41 Å². The third kappa shape index (κ3) is 3.35. The first-order chi connectivity index (χ1) is 5.98. The van der Waals surface area contributed by atoms with Gasteiger partial charge in [-0.05, 0) is 25.2 Å². The molecule has 78 valence electrons. The topological polar surface area (TPSA) is 63.3 Å². The molecule has 13 heavy (non-hydrogen) atoms. The molecule has 3 heteroatoms. The van der Waals surface area contributed by atoms with Gasteiger partial charge in [-0.2, -0.15) is 0 Å². The molecule has 0 aliphatic heterocycles. The summed E-state index contributed by atoms with van der Waals surface area (Å²) in [6, 6.07) is -0.0476. The van der Waals surface area contributed by atoms with Crippen molar-refractivity contribution >= 4 is 5.97 Å². The fraction of sp³-hybridized carbons (Fsp3) is 0.900. The lowest BCUT2D eigenvalue weighted by Crippen LogP contribution is -2.40. The summed E-state index contributed by atoms with van der Waals surface area (Å²) in [5.41, 5.74) is 5.65. The van der Waals surface area contributed by atoms with Crippen LogP contribution in [0.1, 0.15) is 46.5 Å². The summed E-state index contributed by atoms with van der Waals surface area (Å²) in [5.74, 6) is -0.743. The van der Waals surface area contributed by atoms with Crippen molar-refractivity contribution in [2.24, 2.45) is 11.1 Å². The average Bonchev–Trinajstić information content (AvgIpc) is 2.02. The summed E-state index contributed by atoms with van der Waals surface area (Å²) in [7, 11) is 0. The molecule has 0 rings (SSSR count). The van der Waals surface area contributed by atoms with Crippen LogP contribution in [-0.2, 0) is 4.79 Å². The minimum atomic E-state index is -0.743. The molecule has 0 aromatic heterocycles. The van der Waals surface area contributed by atoms with Crippen molar-refractivity contribution in [1.82, 2.24) is 0 Å². The molecule has 0 spiro atoms. The van der Waals surface area contributed by atoms with E-state index >= 15 is 0 Å². The van der Waals surface area contributed by atoms with E-state index in [1.165, 1.54) is 0 Å². The minimum Gasteiger partial charge on any atom is -0.481 e. The number of hydrogen-bond donors (Lipinski definition) is 2. The highest BCUT2D eigenvalue weighted by molar-refractivity contribution is 5.67. The van der Waals surface area contributed by atoms with Crippen molar-refractivity contribution in [3.05, 3.63) is 0 Å².